The van der Waals surface area contributed by atoms with Crippen molar-refractivity contribution in [2.75, 3.05) is 13.2 Å². The standard InChI is InChI=1S/C22H21F2NO3/c23-15-5-3-13(4-6-15)8-16(26)10-18-19(12-25-22(18)27)17-9-14-2-1-7-28-21(14)11-20(17)24/h3-6,9,11,18-19H,1-2,7-8,10,12H2,(H,25,27)/t18-,19-/m0/s1. The van der Waals surface area contributed by atoms with E-state index < -0.39 is 17.7 Å². The number of amides is 1. The van der Waals surface area contributed by atoms with Crippen molar-refractivity contribution in [1.29, 1.82) is 0 Å². The van der Waals surface area contributed by atoms with E-state index in [1.807, 2.05) is 0 Å². The molecule has 2 aromatic carbocycles. The maximum Gasteiger partial charge on any atom is 0.224 e. The third kappa shape index (κ3) is 3.77. The van der Waals surface area contributed by atoms with Gasteiger partial charge in [0.15, 0.2) is 0 Å². The molecule has 1 saturated heterocycles. The Morgan fingerprint density at radius 2 is 1.96 bits per heavy atom. The molecule has 0 saturated carbocycles. The molecule has 6 heteroatoms. The van der Waals surface area contributed by atoms with Gasteiger partial charge in [-0.05, 0) is 47.7 Å². The third-order valence-corrected chi connectivity index (χ3v) is 5.51. The largest absolute Gasteiger partial charge is 0.493 e. The van der Waals surface area contributed by atoms with Crippen LogP contribution in [0.1, 0.15) is 35.4 Å². The zero-order valence-electron chi connectivity index (χ0n) is 15.3. The molecule has 4 nitrogen and oxygen atoms in total. The number of halogens is 2. The van der Waals surface area contributed by atoms with Gasteiger partial charge in [0.05, 0.1) is 12.5 Å². The summed E-state index contributed by atoms with van der Waals surface area (Å²) in [6, 6.07) is 8.90. The van der Waals surface area contributed by atoms with E-state index in [-0.39, 0.29) is 30.3 Å². The van der Waals surface area contributed by atoms with Crippen molar-refractivity contribution < 1.29 is 23.1 Å². The van der Waals surface area contributed by atoms with Gasteiger partial charge in [-0.15, -0.1) is 0 Å². The molecule has 2 heterocycles. The lowest BCUT2D eigenvalue weighted by Crippen LogP contribution is -2.23. The fourth-order valence-corrected chi connectivity index (χ4v) is 4.05. The van der Waals surface area contributed by atoms with Gasteiger partial charge in [0, 0.05) is 31.4 Å². The van der Waals surface area contributed by atoms with Crippen LogP contribution in [-0.4, -0.2) is 24.8 Å². The lowest BCUT2D eigenvalue weighted by atomic mass is 9.83. The fourth-order valence-electron chi connectivity index (χ4n) is 4.05. The molecular formula is C22H21F2NO3. The first-order chi connectivity index (χ1) is 13.5. The van der Waals surface area contributed by atoms with E-state index in [0.717, 1.165) is 18.4 Å². The van der Waals surface area contributed by atoms with E-state index in [4.69, 9.17) is 4.74 Å². The lowest BCUT2D eigenvalue weighted by Gasteiger charge is -2.22. The van der Waals surface area contributed by atoms with E-state index in [0.29, 0.717) is 30.0 Å². The summed E-state index contributed by atoms with van der Waals surface area (Å²) in [7, 11) is 0. The Morgan fingerprint density at radius 1 is 1.18 bits per heavy atom. The Morgan fingerprint density at radius 3 is 2.75 bits per heavy atom. The zero-order chi connectivity index (χ0) is 19.7. The quantitative estimate of drug-likeness (QED) is 0.859. The second-order valence-corrected chi connectivity index (χ2v) is 7.44. The average molecular weight is 385 g/mol. The molecule has 28 heavy (non-hydrogen) atoms. The normalized spacial score (nSPS) is 21.0. The van der Waals surface area contributed by atoms with Crippen LogP contribution in [0.4, 0.5) is 8.78 Å². The number of fused-ring (bicyclic) bond motifs is 1. The van der Waals surface area contributed by atoms with Gasteiger partial charge in [-0.25, -0.2) is 8.78 Å². The van der Waals surface area contributed by atoms with Crippen molar-refractivity contribution in [2.24, 2.45) is 5.92 Å². The smallest absolute Gasteiger partial charge is 0.224 e. The Bertz CT molecular complexity index is 911. The van der Waals surface area contributed by atoms with Crippen LogP contribution in [0.2, 0.25) is 0 Å². The first kappa shape index (κ1) is 18.6. The van der Waals surface area contributed by atoms with Gasteiger partial charge in [-0.2, -0.15) is 0 Å². The number of carbonyl (C=O) groups excluding carboxylic acids is 2. The van der Waals surface area contributed by atoms with Crippen LogP contribution in [0.15, 0.2) is 36.4 Å². The van der Waals surface area contributed by atoms with Crippen LogP contribution in [0.3, 0.4) is 0 Å². The molecule has 2 atom stereocenters. The Kier molecular flexibility index (Phi) is 5.11. The van der Waals surface area contributed by atoms with Crippen molar-refractivity contribution in [1.82, 2.24) is 5.32 Å². The van der Waals surface area contributed by atoms with E-state index in [1.54, 1.807) is 18.2 Å². The monoisotopic (exact) mass is 385 g/mol. The highest BCUT2D eigenvalue weighted by Crippen LogP contribution is 2.37. The van der Waals surface area contributed by atoms with E-state index >= 15 is 0 Å². The van der Waals surface area contributed by atoms with Crippen molar-refractivity contribution in [3.8, 4) is 5.75 Å². The minimum absolute atomic E-state index is 0.0287. The first-order valence-corrected chi connectivity index (χ1v) is 9.50. The third-order valence-electron chi connectivity index (χ3n) is 5.51. The molecule has 0 aliphatic carbocycles. The molecule has 2 aliphatic heterocycles. The molecule has 4 rings (SSSR count). The van der Waals surface area contributed by atoms with E-state index in [2.05, 4.69) is 5.32 Å². The highest BCUT2D eigenvalue weighted by atomic mass is 19.1. The van der Waals surface area contributed by atoms with Gasteiger partial charge < -0.3 is 10.1 Å². The lowest BCUT2D eigenvalue weighted by molar-refractivity contribution is -0.127. The summed E-state index contributed by atoms with van der Waals surface area (Å²) in [6.45, 7) is 0.889. The summed E-state index contributed by atoms with van der Waals surface area (Å²) in [5, 5.41) is 2.76. The second kappa shape index (κ2) is 7.70. The van der Waals surface area contributed by atoms with E-state index in [1.165, 1.54) is 18.2 Å². The molecule has 0 unspecified atom stereocenters. The summed E-state index contributed by atoms with van der Waals surface area (Å²) in [4.78, 5) is 24.8. The molecule has 0 radical (unpaired) electrons. The molecular weight excluding hydrogens is 364 g/mol. The summed E-state index contributed by atoms with van der Waals surface area (Å²) in [6.07, 6.45) is 1.84. The van der Waals surface area contributed by atoms with Gasteiger partial charge in [0.25, 0.3) is 0 Å². The summed E-state index contributed by atoms with van der Waals surface area (Å²) in [5.74, 6) is -1.56. The molecule has 0 aromatic heterocycles. The summed E-state index contributed by atoms with van der Waals surface area (Å²) in [5.41, 5.74) is 2.10. The maximum atomic E-state index is 14.7. The Labute approximate surface area is 161 Å². The molecule has 146 valence electrons. The number of Topliss-reactive ketones (excluding diaryl/α,β-unsaturated/α-hetero) is 1. The molecule has 2 aliphatic rings. The number of rotatable bonds is 5. The van der Waals surface area contributed by atoms with Crippen molar-refractivity contribution in [3.63, 3.8) is 0 Å². The fraction of sp³-hybridized carbons (Fsp3) is 0.364. The molecule has 1 fully saturated rings. The molecule has 0 bridgehead atoms. The van der Waals surface area contributed by atoms with Crippen LogP contribution in [0.5, 0.6) is 5.75 Å². The minimum atomic E-state index is -0.606. The highest BCUT2D eigenvalue weighted by Gasteiger charge is 2.38. The minimum Gasteiger partial charge on any atom is -0.493 e. The maximum absolute atomic E-state index is 14.7. The summed E-state index contributed by atoms with van der Waals surface area (Å²) >= 11 is 0. The molecule has 1 N–H and O–H groups in total. The Hall–Kier alpha value is -2.76. The number of carbonyl (C=O) groups is 2. The number of benzene rings is 2. The SMILES string of the molecule is O=C(Cc1ccc(F)cc1)C[C@@H]1C(=O)NC[C@H]1c1cc2c(cc1F)OCCC2. The second-order valence-electron chi connectivity index (χ2n) is 7.44. The first-order valence-electron chi connectivity index (χ1n) is 9.50. The highest BCUT2D eigenvalue weighted by molar-refractivity contribution is 5.90. The number of hydrogen-bond acceptors (Lipinski definition) is 3. The molecule has 0 spiro atoms. The van der Waals surface area contributed by atoms with Crippen LogP contribution in [0.25, 0.3) is 0 Å². The van der Waals surface area contributed by atoms with Gasteiger partial charge >= 0.3 is 0 Å². The molecule has 2 aromatic rings. The van der Waals surface area contributed by atoms with Crippen LogP contribution < -0.4 is 10.1 Å². The van der Waals surface area contributed by atoms with Crippen LogP contribution in [0, 0.1) is 17.6 Å². The van der Waals surface area contributed by atoms with E-state index in [9.17, 15) is 18.4 Å². The van der Waals surface area contributed by atoms with Crippen molar-refractivity contribution >= 4 is 11.7 Å². The van der Waals surface area contributed by atoms with Crippen LogP contribution >= 0.6 is 0 Å². The molecule has 1 amide bonds. The zero-order valence-corrected chi connectivity index (χ0v) is 15.3. The van der Waals surface area contributed by atoms with Crippen molar-refractivity contribution in [3.05, 3.63) is 64.7 Å². The van der Waals surface area contributed by atoms with Gasteiger partial charge in [-0.3, -0.25) is 9.59 Å². The average Bonchev–Trinajstić information content (AvgIpc) is 3.03. The number of ether oxygens (including phenoxy) is 1. The van der Waals surface area contributed by atoms with Crippen LogP contribution in [-0.2, 0) is 22.4 Å². The number of aryl methyl sites for hydroxylation is 1. The number of ketones is 1. The Balaban J connectivity index is 1.52. The van der Waals surface area contributed by atoms with Crippen molar-refractivity contribution in [2.45, 2.75) is 31.6 Å². The van der Waals surface area contributed by atoms with Gasteiger partial charge in [0.2, 0.25) is 5.91 Å². The number of hydrogen-bond donors (Lipinski definition) is 1. The number of nitrogens with one attached hydrogen (secondary N) is 1. The summed E-state index contributed by atoms with van der Waals surface area (Å²) < 4.78 is 33.2. The topological polar surface area (TPSA) is 55.4 Å². The van der Waals surface area contributed by atoms with Gasteiger partial charge in [-0.1, -0.05) is 12.1 Å². The predicted octanol–water partition coefficient (Wildman–Crippen LogP) is 3.32. The predicted molar refractivity (Wildman–Crippen MR) is 99.2 cm³/mol. The van der Waals surface area contributed by atoms with Gasteiger partial charge in [0.1, 0.15) is 23.2 Å².